The Hall–Kier alpha value is -1.61. The van der Waals surface area contributed by atoms with Crippen LogP contribution in [0, 0.1) is 20.8 Å². The first-order chi connectivity index (χ1) is 8.90. The number of nitrogens with two attached hydrogens (primary N) is 1. The number of hydrogen-bond donors (Lipinski definition) is 1. The van der Waals surface area contributed by atoms with Crippen LogP contribution in [0.25, 0.3) is 0 Å². The summed E-state index contributed by atoms with van der Waals surface area (Å²) in [6.07, 6.45) is 0. The maximum atomic E-state index is 12.5. The highest BCUT2D eigenvalue weighted by atomic mass is 79.9. The summed E-state index contributed by atoms with van der Waals surface area (Å²) in [5.41, 5.74) is 10.9. The number of carbonyl (C=O) groups excluding carboxylic acids is 1. The molecule has 0 saturated carbocycles. The number of hydrogen-bond acceptors (Lipinski definition) is 2. The minimum Gasteiger partial charge on any atom is -0.399 e. The van der Waals surface area contributed by atoms with Crippen molar-refractivity contribution in [3.05, 3.63) is 62.6 Å². The minimum atomic E-state index is 0.0381. The molecule has 0 saturated heterocycles. The predicted octanol–water partition coefficient (Wildman–Crippen LogP) is 4.19. The molecule has 2 aromatic carbocycles. The topological polar surface area (TPSA) is 43.1 Å². The lowest BCUT2D eigenvalue weighted by atomic mass is 9.96. The van der Waals surface area contributed by atoms with Crippen molar-refractivity contribution in [1.82, 2.24) is 0 Å². The Morgan fingerprint density at radius 2 is 1.68 bits per heavy atom. The molecule has 2 N–H and O–H groups in total. The summed E-state index contributed by atoms with van der Waals surface area (Å²) in [4.78, 5) is 12.5. The van der Waals surface area contributed by atoms with Crippen molar-refractivity contribution in [3.8, 4) is 0 Å². The maximum Gasteiger partial charge on any atom is 0.193 e. The van der Waals surface area contributed by atoms with Crippen molar-refractivity contribution in [1.29, 1.82) is 0 Å². The zero-order chi connectivity index (χ0) is 14.2. The Morgan fingerprint density at radius 3 is 2.32 bits per heavy atom. The van der Waals surface area contributed by atoms with E-state index in [-0.39, 0.29) is 5.78 Å². The first-order valence-corrected chi connectivity index (χ1v) is 6.87. The van der Waals surface area contributed by atoms with E-state index in [1.165, 1.54) is 0 Å². The first kappa shape index (κ1) is 13.8. The summed E-state index contributed by atoms with van der Waals surface area (Å²) in [6, 6.07) is 9.31. The van der Waals surface area contributed by atoms with E-state index >= 15 is 0 Å². The smallest absolute Gasteiger partial charge is 0.193 e. The highest BCUT2D eigenvalue weighted by molar-refractivity contribution is 9.10. The molecule has 0 amide bonds. The van der Waals surface area contributed by atoms with Gasteiger partial charge >= 0.3 is 0 Å². The molecule has 0 radical (unpaired) electrons. The van der Waals surface area contributed by atoms with Crippen molar-refractivity contribution >= 4 is 27.4 Å². The van der Waals surface area contributed by atoms with E-state index in [0.717, 1.165) is 26.7 Å². The van der Waals surface area contributed by atoms with Crippen LogP contribution in [0.15, 0.2) is 34.8 Å². The minimum absolute atomic E-state index is 0.0381. The van der Waals surface area contributed by atoms with E-state index in [1.807, 2.05) is 39.0 Å². The molecule has 19 heavy (non-hydrogen) atoms. The fourth-order valence-corrected chi connectivity index (χ4v) is 2.46. The third-order valence-electron chi connectivity index (χ3n) is 3.28. The Balaban J connectivity index is 2.49. The van der Waals surface area contributed by atoms with Gasteiger partial charge in [-0.3, -0.25) is 4.79 Å². The molecule has 0 fully saturated rings. The number of rotatable bonds is 2. The molecular weight excluding hydrogens is 302 g/mol. The third kappa shape index (κ3) is 2.71. The van der Waals surface area contributed by atoms with Crippen LogP contribution < -0.4 is 5.73 Å². The second kappa shape index (κ2) is 5.17. The van der Waals surface area contributed by atoms with Crippen LogP contribution in [-0.4, -0.2) is 5.78 Å². The van der Waals surface area contributed by atoms with Crippen LogP contribution in [0.4, 0.5) is 5.69 Å². The fourth-order valence-electron chi connectivity index (χ4n) is 2.00. The number of halogens is 1. The van der Waals surface area contributed by atoms with Crippen molar-refractivity contribution in [2.24, 2.45) is 0 Å². The Bertz CT molecular complexity index is 662. The molecule has 0 unspecified atom stereocenters. The van der Waals surface area contributed by atoms with Crippen LogP contribution in [0.2, 0.25) is 0 Å². The van der Waals surface area contributed by atoms with Gasteiger partial charge in [0, 0.05) is 21.3 Å². The highest BCUT2D eigenvalue weighted by Crippen LogP contribution is 2.24. The molecule has 98 valence electrons. The average Bonchev–Trinajstić information content (AvgIpc) is 2.36. The zero-order valence-corrected chi connectivity index (χ0v) is 12.8. The van der Waals surface area contributed by atoms with E-state index in [1.54, 1.807) is 12.1 Å². The van der Waals surface area contributed by atoms with E-state index in [9.17, 15) is 4.79 Å². The van der Waals surface area contributed by atoms with Gasteiger partial charge in [0.05, 0.1) is 0 Å². The number of ketones is 1. The SMILES string of the molecule is Cc1cc(C(=O)c2cc(C)c(Br)cc2C)ccc1N. The molecule has 0 atom stereocenters. The normalized spacial score (nSPS) is 10.5. The van der Waals surface area contributed by atoms with Gasteiger partial charge < -0.3 is 5.73 Å². The Morgan fingerprint density at radius 1 is 1.00 bits per heavy atom. The van der Waals surface area contributed by atoms with Gasteiger partial charge in [0.2, 0.25) is 0 Å². The monoisotopic (exact) mass is 317 g/mol. The van der Waals surface area contributed by atoms with Gasteiger partial charge in [0.1, 0.15) is 0 Å². The van der Waals surface area contributed by atoms with Crippen LogP contribution in [0.5, 0.6) is 0 Å². The fraction of sp³-hybridized carbons (Fsp3) is 0.188. The van der Waals surface area contributed by atoms with Crippen LogP contribution in [0.1, 0.15) is 32.6 Å². The van der Waals surface area contributed by atoms with Crippen molar-refractivity contribution in [2.45, 2.75) is 20.8 Å². The van der Waals surface area contributed by atoms with Crippen LogP contribution >= 0.6 is 15.9 Å². The van der Waals surface area contributed by atoms with E-state index in [0.29, 0.717) is 11.3 Å². The molecule has 2 aromatic rings. The summed E-state index contributed by atoms with van der Waals surface area (Å²) in [5, 5.41) is 0. The number of carbonyl (C=O) groups is 1. The van der Waals surface area contributed by atoms with Crippen LogP contribution in [-0.2, 0) is 0 Å². The van der Waals surface area contributed by atoms with E-state index in [2.05, 4.69) is 15.9 Å². The molecule has 3 heteroatoms. The maximum absolute atomic E-state index is 12.5. The van der Waals surface area contributed by atoms with Gasteiger partial charge in [-0.2, -0.15) is 0 Å². The average molecular weight is 318 g/mol. The lowest BCUT2D eigenvalue weighted by Crippen LogP contribution is -2.05. The first-order valence-electron chi connectivity index (χ1n) is 6.07. The molecule has 2 nitrogen and oxygen atoms in total. The van der Waals surface area contributed by atoms with Gasteiger partial charge in [0.15, 0.2) is 5.78 Å². The molecule has 0 aliphatic rings. The van der Waals surface area contributed by atoms with Gasteiger partial charge in [0.25, 0.3) is 0 Å². The van der Waals surface area contributed by atoms with E-state index in [4.69, 9.17) is 5.73 Å². The molecular formula is C16H16BrNO. The Kier molecular flexibility index (Phi) is 3.76. The van der Waals surface area contributed by atoms with Gasteiger partial charge in [-0.05, 0) is 67.8 Å². The number of aryl methyl sites for hydroxylation is 3. The number of benzene rings is 2. The molecule has 0 aromatic heterocycles. The van der Waals surface area contributed by atoms with Crippen LogP contribution in [0.3, 0.4) is 0 Å². The molecule has 0 aliphatic heterocycles. The highest BCUT2D eigenvalue weighted by Gasteiger charge is 2.14. The summed E-state index contributed by atoms with van der Waals surface area (Å²) in [5.74, 6) is 0.0381. The summed E-state index contributed by atoms with van der Waals surface area (Å²) in [6.45, 7) is 5.84. The number of nitrogen functional groups attached to an aromatic ring is 1. The summed E-state index contributed by atoms with van der Waals surface area (Å²) in [7, 11) is 0. The van der Waals surface area contributed by atoms with Crippen molar-refractivity contribution < 1.29 is 4.79 Å². The molecule has 0 spiro atoms. The quantitative estimate of drug-likeness (QED) is 0.666. The summed E-state index contributed by atoms with van der Waals surface area (Å²) < 4.78 is 1.02. The van der Waals surface area contributed by atoms with Crippen molar-refractivity contribution in [2.75, 3.05) is 5.73 Å². The standard InChI is InChI=1S/C16H16BrNO/c1-9-8-14(17)10(2)7-13(9)16(19)12-4-5-15(18)11(3)6-12/h4-8H,18H2,1-3H3. The Labute approximate surface area is 121 Å². The molecule has 0 aliphatic carbocycles. The van der Waals surface area contributed by atoms with E-state index < -0.39 is 0 Å². The molecule has 0 bridgehead atoms. The number of anilines is 1. The van der Waals surface area contributed by atoms with Crippen molar-refractivity contribution in [3.63, 3.8) is 0 Å². The third-order valence-corrected chi connectivity index (χ3v) is 4.14. The molecule has 0 heterocycles. The second-order valence-electron chi connectivity index (χ2n) is 4.82. The van der Waals surface area contributed by atoms with Gasteiger partial charge in [-0.25, -0.2) is 0 Å². The lowest BCUT2D eigenvalue weighted by molar-refractivity contribution is 0.103. The predicted molar refractivity (Wildman–Crippen MR) is 82.6 cm³/mol. The summed E-state index contributed by atoms with van der Waals surface area (Å²) >= 11 is 3.48. The second-order valence-corrected chi connectivity index (χ2v) is 5.67. The lowest BCUT2D eigenvalue weighted by Gasteiger charge is -2.09. The zero-order valence-electron chi connectivity index (χ0n) is 11.3. The van der Waals surface area contributed by atoms with Gasteiger partial charge in [-0.15, -0.1) is 0 Å². The largest absolute Gasteiger partial charge is 0.399 e. The van der Waals surface area contributed by atoms with Gasteiger partial charge in [-0.1, -0.05) is 15.9 Å². The molecule has 2 rings (SSSR count).